The zero-order chi connectivity index (χ0) is 127. The van der Waals surface area contributed by atoms with Crippen molar-refractivity contribution in [3.05, 3.63) is 459 Å². The molecule has 1 aliphatic carbocycles. The molecule has 0 radical (unpaired) electrons. The quantitative estimate of drug-likeness (QED) is 0.149. The van der Waals surface area contributed by atoms with Crippen LogP contribution in [0, 0.1) is 0 Å². The van der Waals surface area contributed by atoms with Gasteiger partial charge in [0.15, 0.2) is 0 Å². The lowest BCUT2D eigenvalue weighted by Crippen LogP contribution is -2.14. The Kier molecular flexibility index (Phi) is 9.51. The Hall–Kier alpha value is -16.7. The molecule has 24 aromatic carbocycles. The van der Waals surface area contributed by atoms with Crippen LogP contribution in [0.3, 0.4) is 0 Å². The highest BCUT2D eigenvalue weighted by Crippen LogP contribution is 2.54. The Morgan fingerprint density at radius 2 is 0.469 bits per heavy atom. The van der Waals surface area contributed by atoms with Gasteiger partial charge in [-0.25, -0.2) is 0 Å². The Morgan fingerprint density at radius 3 is 0.885 bits per heavy atom. The third-order valence-corrected chi connectivity index (χ3v) is 24.4. The molecule has 0 fully saturated rings. The van der Waals surface area contributed by atoms with Crippen molar-refractivity contribution in [1.82, 2.24) is 0 Å². The van der Waals surface area contributed by atoms with E-state index in [4.69, 9.17) is 53.0 Å². The molecule has 3 aromatic heterocycles. The van der Waals surface area contributed by atoms with Gasteiger partial charge in [-0.3, -0.25) is 0 Å². The third-order valence-electron chi connectivity index (χ3n) is 24.4. The molecule has 606 valence electrons. The maximum Gasteiger partial charge on any atom is 0.136 e. The lowest BCUT2D eigenvalue weighted by Gasteiger charge is -2.22. The van der Waals surface area contributed by atoms with Crippen molar-refractivity contribution >= 4 is 174 Å². The van der Waals surface area contributed by atoms with Crippen molar-refractivity contribution in [3.63, 3.8) is 0 Å². The van der Waals surface area contributed by atoms with Crippen molar-refractivity contribution < 1.29 is 77.7 Å². The summed E-state index contributed by atoms with van der Waals surface area (Å²) >= 11 is 0. The summed E-state index contributed by atoms with van der Waals surface area (Å²) in [6.07, 6.45) is 0. The van der Waals surface area contributed by atoms with Gasteiger partial charge in [-0.15, -0.1) is 0 Å². The molecular formula is C127H80O3. The van der Waals surface area contributed by atoms with Crippen LogP contribution < -0.4 is 0 Å². The van der Waals surface area contributed by atoms with E-state index in [2.05, 4.69) is 0 Å². The molecule has 130 heavy (non-hydrogen) atoms. The first-order valence-corrected chi connectivity index (χ1v) is 41.1. The van der Waals surface area contributed by atoms with Gasteiger partial charge in [-0.2, -0.15) is 0 Å². The lowest BCUT2D eigenvalue weighted by atomic mass is 9.81. The van der Waals surface area contributed by atoms with E-state index in [9.17, 15) is 24.7 Å². The highest BCUT2D eigenvalue weighted by atomic mass is 16.3. The summed E-state index contributed by atoms with van der Waals surface area (Å²) in [6, 6.07) is 18.2. The van der Waals surface area contributed by atoms with E-state index in [-0.39, 0.29) is 132 Å². The van der Waals surface area contributed by atoms with Crippen molar-refractivity contribution in [2.24, 2.45) is 0 Å². The van der Waals surface area contributed by atoms with E-state index in [1.165, 1.54) is 0 Å². The van der Waals surface area contributed by atoms with Crippen LogP contribution in [0.15, 0.2) is 461 Å². The summed E-state index contributed by atoms with van der Waals surface area (Å²) in [7, 11) is 0. The van der Waals surface area contributed by atoms with Crippen LogP contribution >= 0.6 is 0 Å². The molecule has 3 heterocycles. The van der Waals surface area contributed by atoms with Gasteiger partial charge in [0.1, 0.15) is 33.5 Å². The summed E-state index contributed by atoms with van der Waals surface area (Å²) in [4.78, 5) is 0. The van der Waals surface area contributed by atoms with E-state index in [0.717, 1.165) is 43.1 Å². The molecule has 28 rings (SSSR count). The maximum absolute atomic E-state index is 9.87. The van der Waals surface area contributed by atoms with E-state index < -0.39 is 322 Å². The van der Waals surface area contributed by atoms with Gasteiger partial charge >= 0.3 is 0 Å². The van der Waals surface area contributed by atoms with Crippen molar-refractivity contribution in [1.29, 1.82) is 0 Å². The molecule has 1 aliphatic rings. The second-order valence-electron chi connectivity index (χ2n) is 31.9. The fourth-order valence-electron chi connectivity index (χ4n) is 18.6. The van der Waals surface area contributed by atoms with E-state index in [0.29, 0.717) is 66.2 Å². The molecule has 3 heteroatoms. The number of hydrogen-bond donors (Lipinski definition) is 0. The van der Waals surface area contributed by atoms with Crippen LogP contribution in [0.4, 0.5) is 0 Å². The topological polar surface area (TPSA) is 39.4 Å². The van der Waals surface area contributed by atoms with E-state index >= 15 is 0 Å². The molecule has 0 bridgehead atoms. The molecule has 0 saturated heterocycles. The predicted octanol–water partition coefficient (Wildman–Crippen LogP) is 36.3. The number of benzene rings is 24. The maximum atomic E-state index is 9.87. The van der Waals surface area contributed by atoms with Crippen molar-refractivity contribution in [2.75, 3.05) is 0 Å². The van der Waals surface area contributed by atoms with Crippen LogP contribution in [0.1, 0.15) is 89.4 Å². The molecule has 0 aliphatic heterocycles. The van der Waals surface area contributed by atoms with E-state index in [1.807, 2.05) is 109 Å². The van der Waals surface area contributed by atoms with Crippen molar-refractivity contribution in [3.8, 4) is 89.0 Å². The van der Waals surface area contributed by atoms with Crippen molar-refractivity contribution in [2.45, 2.75) is 19.3 Å². The average Bonchev–Trinajstić information content (AvgIpc) is 1.68. The zero-order valence-electron chi connectivity index (χ0n) is 115. The summed E-state index contributed by atoms with van der Waals surface area (Å²) in [5.74, 6) is 0. The standard InChI is InChI=1S/C45H30O.C42H26O.C40H24O/c1-45(2)39-18-10-9-13-31(39)36-24-29(19-21-40(36)45)43-32-14-5-7-16-34(32)44(35-17-8-6-15-33(35)43)30-20-22-41-37(25-30)38-23-27-11-3-4-12-28(27)26-42(38)46-41;1-2-11-27(12-3-1)28-15-10-16-31(23-28)41-33-17-6-8-19-35(33)42(36-20-9-7-18-34(36)41)32-21-22-39-37(25-32)38-24-29-13-4-5-14-30(29)26-40(38)43-39;1-2-12-27-24-38-36(22-26(27)11-1)35-23-28(20-21-37(35)41-38)39-31-15-5-7-17-33(31)40(34-18-8-6-16-32(34)39)30-19-9-13-25-10-3-4-14-29(25)30/h3-26H,1-2H3;1-26H;1-24H/i5D,6D,7D,8D,9D,10D,13D,14D,15D,16D,17D,18D,19D,21D,24D;1D,2D,3D,6D,7D,8D,9D,10D,11D,12D,15D,16D,17D,18D,19D,20D,23D;3D,4D,5D,6D,7D,8D,9D,10D,13D,14D,15D,16D,17D,18D,19D. The van der Waals surface area contributed by atoms with Crippen LogP contribution in [-0.4, -0.2) is 0 Å². The first-order valence-electron chi connectivity index (χ1n) is 64.6. The van der Waals surface area contributed by atoms with Gasteiger partial charge in [-0.05, 0) is 293 Å². The summed E-state index contributed by atoms with van der Waals surface area (Å²) in [5.41, 5.74) is -0.873. The second-order valence-corrected chi connectivity index (χ2v) is 31.9. The first kappa shape index (κ1) is 41.6. The fraction of sp³-hybridized carbons (Fsp3) is 0.0236. The minimum atomic E-state index is -1.29. The monoisotopic (exact) mass is 1700 g/mol. The molecule has 0 atom stereocenters. The Bertz CT molecular complexity index is 12200. The average molecular weight is 1700 g/mol. The second kappa shape index (κ2) is 29.7. The fourth-order valence-corrected chi connectivity index (χ4v) is 18.6. The lowest BCUT2D eigenvalue weighted by molar-refractivity contribution is 0.660. The van der Waals surface area contributed by atoms with Crippen LogP contribution in [0.25, 0.3) is 263 Å². The molecular weight excluding hydrogens is 1570 g/mol. The number of furan rings is 3. The van der Waals surface area contributed by atoms with E-state index in [1.54, 1.807) is 68.4 Å². The summed E-state index contributed by atoms with van der Waals surface area (Å²) < 4.78 is 440. The van der Waals surface area contributed by atoms with Crippen LogP contribution in [0.5, 0.6) is 0 Å². The van der Waals surface area contributed by atoms with Gasteiger partial charge in [0.25, 0.3) is 0 Å². The number of hydrogen-bond acceptors (Lipinski definition) is 3. The molecule has 0 spiro atoms. The molecule has 27 aromatic rings. The summed E-state index contributed by atoms with van der Waals surface area (Å²) in [6.45, 7) is 3.29. The minimum absolute atomic E-state index is 0.0214. The van der Waals surface area contributed by atoms with Gasteiger partial charge in [0.05, 0.1) is 64.4 Å². The highest BCUT2D eigenvalue weighted by molar-refractivity contribution is 6.27. The molecule has 3 nitrogen and oxygen atoms in total. The zero-order valence-corrected chi connectivity index (χ0v) is 67.8. The molecule has 0 amide bonds. The van der Waals surface area contributed by atoms with Gasteiger partial charge in [0.2, 0.25) is 0 Å². The first-order chi connectivity index (χ1) is 83.7. The molecule has 0 N–H and O–H groups in total. The predicted molar refractivity (Wildman–Crippen MR) is 552 cm³/mol. The Labute approximate surface area is 815 Å². The minimum Gasteiger partial charge on any atom is -0.456 e. The van der Waals surface area contributed by atoms with Gasteiger partial charge in [-0.1, -0.05) is 377 Å². The number of fused-ring (bicyclic) bond motifs is 22. The van der Waals surface area contributed by atoms with Gasteiger partial charge in [0, 0.05) is 37.7 Å². The molecule has 0 unspecified atom stereocenters. The van der Waals surface area contributed by atoms with Gasteiger partial charge < -0.3 is 13.3 Å². The molecule has 0 saturated carbocycles. The Balaban J connectivity index is 0.000000128. The SMILES string of the molecule is [2H]c1c([2H])c([2H])c(-c2c([2H])c([2H])c([2H])c(-c3c4c([2H])c([2H])c([2H])c([2H])c4c(-c4ccc5oc6cc7ccccc7cc6c5c4)c4c([2H])c([2H])c([2H])c([2H])c34)c2[2H])c([2H])c1[2H].[2H]c1c([2H])c([2H])c2c(-c3c4c([2H])c([2H])c([2H])c([2H])c4c(-c4ccc5oc6cc7ccccc7cc6c5c4)c4c([2H])c([2H])c([2H])c([2H])c34)c([2H])c([2H])c([2H])c2c1[2H].[2H]c1c([2H])c([2H])c2c(c1[2H])-c1c([2H])c(-c3c4c([2H])c([2H])c([2H])c([2H])c4c(-c4ccc5oc6cc7ccccc7cc6c5c4)c4c([2H])c([2H])c([2H])c([2H])c34)c([2H])c([2H])c1C2(C)C. The number of rotatable bonds is 7. The largest absolute Gasteiger partial charge is 0.456 e. The van der Waals surface area contributed by atoms with Crippen LogP contribution in [-0.2, 0) is 5.41 Å². The highest BCUT2D eigenvalue weighted by Gasteiger charge is 2.36. The normalized spacial score (nSPS) is 17.5. The third kappa shape index (κ3) is 12.0. The smallest absolute Gasteiger partial charge is 0.136 e. The summed E-state index contributed by atoms with van der Waals surface area (Å²) in [5, 5.41) is 5.79. The Morgan fingerprint density at radius 1 is 0.177 bits per heavy atom. The van der Waals surface area contributed by atoms with Crippen LogP contribution in [0.2, 0.25) is 0 Å².